The second-order valence-corrected chi connectivity index (χ2v) is 4.88. The van der Waals surface area contributed by atoms with Gasteiger partial charge in [0, 0.05) is 5.56 Å². The second kappa shape index (κ2) is 7.36. The SMILES string of the molecule is C=C/C=C(/O)c1cc(OC)c(OCc2ccccc2)cc1C. The van der Waals surface area contributed by atoms with Gasteiger partial charge in [-0.2, -0.15) is 0 Å². The first kappa shape index (κ1) is 15.7. The molecule has 2 rings (SSSR count). The van der Waals surface area contributed by atoms with Crippen LogP contribution in [0, 0.1) is 6.92 Å². The Morgan fingerprint density at radius 3 is 2.55 bits per heavy atom. The van der Waals surface area contributed by atoms with Gasteiger partial charge < -0.3 is 14.6 Å². The normalized spacial score (nSPS) is 11.1. The number of aryl methyl sites for hydroxylation is 1. The van der Waals surface area contributed by atoms with Crippen LogP contribution in [0.3, 0.4) is 0 Å². The summed E-state index contributed by atoms with van der Waals surface area (Å²) in [6, 6.07) is 13.6. The molecule has 0 saturated carbocycles. The van der Waals surface area contributed by atoms with Gasteiger partial charge in [0.2, 0.25) is 0 Å². The molecule has 0 saturated heterocycles. The average molecular weight is 296 g/mol. The number of rotatable bonds is 6. The van der Waals surface area contributed by atoms with E-state index in [1.807, 2.05) is 43.3 Å². The first-order valence-corrected chi connectivity index (χ1v) is 7.03. The Morgan fingerprint density at radius 1 is 1.18 bits per heavy atom. The molecule has 0 heterocycles. The van der Waals surface area contributed by atoms with Crippen LogP contribution in [0.1, 0.15) is 16.7 Å². The van der Waals surface area contributed by atoms with Gasteiger partial charge in [0.25, 0.3) is 0 Å². The number of aliphatic hydroxyl groups is 1. The van der Waals surface area contributed by atoms with Crippen molar-refractivity contribution in [3.63, 3.8) is 0 Å². The van der Waals surface area contributed by atoms with E-state index in [1.54, 1.807) is 25.3 Å². The molecular formula is C19H20O3. The van der Waals surface area contributed by atoms with Crippen LogP contribution in [0.15, 0.2) is 61.2 Å². The highest BCUT2D eigenvalue weighted by molar-refractivity contribution is 5.66. The number of benzene rings is 2. The van der Waals surface area contributed by atoms with E-state index >= 15 is 0 Å². The molecule has 0 bridgehead atoms. The topological polar surface area (TPSA) is 38.7 Å². The number of allylic oxidation sites excluding steroid dienone is 2. The third kappa shape index (κ3) is 3.70. The molecular weight excluding hydrogens is 276 g/mol. The molecule has 3 heteroatoms. The fourth-order valence-corrected chi connectivity index (χ4v) is 2.15. The molecule has 0 spiro atoms. The number of ether oxygens (including phenoxy) is 2. The lowest BCUT2D eigenvalue weighted by atomic mass is 10.1. The van der Waals surface area contributed by atoms with Crippen LogP contribution in [0.4, 0.5) is 0 Å². The third-order valence-corrected chi connectivity index (χ3v) is 3.30. The second-order valence-electron chi connectivity index (χ2n) is 4.88. The van der Waals surface area contributed by atoms with Crippen molar-refractivity contribution in [3.8, 4) is 11.5 Å². The lowest BCUT2D eigenvalue weighted by molar-refractivity contribution is 0.284. The summed E-state index contributed by atoms with van der Waals surface area (Å²) in [5, 5.41) is 10.0. The van der Waals surface area contributed by atoms with Crippen LogP contribution in [-0.2, 0) is 6.61 Å². The Kier molecular flexibility index (Phi) is 5.26. The highest BCUT2D eigenvalue weighted by Crippen LogP contribution is 2.33. The molecule has 0 aromatic heterocycles. The van der Waals surface area contributed by atoms with Crippen molar-refractivity contribution in [2.24, 2.45) is 0 Å². The van der Waals surface area contributed by atoms with Gasteiger partial charge in [0.05, 0.1) is 7.11 Å². The maximum absolute atomic E-state index is 10.0. The largest absolute Gasteiger partial charge is 0.507 e. The number of methoxy groups -OCH3 is 1. The van der Waals surface area contributed by atoms with Gasteiger partial charge in [-0.3, -0.25) is 0 Å². The maximum Gasteiger partial charge on any atom is 0.161 e. The smallest absolute Gasteiger partial charge is 0.161 e. The Morgan fingerprint density at radius 2 is 1.91 bits per heavy atom. The van der Waals surface area contributed by atoms with E-state index in [0.29, 0.717) is 23.7 Å². The first-order valence-electron chi connectivity index (χ1n) is 7.03. The van der Waals surface area contributed by atoms with Crippen LogP contribution >= 0.6 is 0 Å². The van der Waals surface area contributed by atoms with Crippen LogP contribution in [0.5, 0.6) is 11.5 Å². The van der Waals surface area contributed by atoms with Crippen molar-refractivity contribution in [1.29, 1.82) is 0 Å². The minimum atomic E-state index is 0.153. The molecule has 1 N–H and O–H groups in total. The standard InChI is InChI=1S/C19H20O3/c1-4-8-17(20)16-12-18(21-3)19(11-14(16)2)22-13-15-9-6-5-7-10-15/h4-12,20H,1,13H2,2-3H3/b17-8+. The molecule has 3 nitrogen and oxygen atoms in total. The molecule has 0 aliphatic heterocycles. The van der Waals surface area contributed by atoms with E-state index in [9.17, 15) is 5.11 Å². The van der Waals surface area contributed by atoms with Gasteiger partial charge in [-0.1, -0.05) is 43.0 Å². The van der Waals surface area contributed by atoms with Crippen molar-refractivity contribution in [2.75, 3.05) is 7.11 Å². The molecule has 0 aliphatic carbocycles. The highest BCUT2D eigenvalue weighted by atomic mass is 16.5. The summed E-state index contributed by atoms with van der Waals surface area (Å²) in [6.45, 7) is 5.96. The summed E-state index contributed by atoms with van der Waals surface area (Å²) in [5.41, 5.74) is 2.68. The van der Waals surface area contributed by atoms with Crippen LogP contribution in [0.25, 0.3) is 5.76 Å². The monoisotopic (exact) mass is 296 g/mol. The van der Waals surface area contributed by atoms with E-state index in [0.717, 1.165) is 11.1 Å². The summed E-state index contributed by atoms with van der Waals surface area (Å²) in [7, 11) is 1.58. The zero-order valence-electron chi connectivity index (χ0n) is 12.9. The zero-order valence-corrected chi connectivity index (χ0v) is 12.9. The van der Waals surface area contributed by atoms with Crippen molar-refractivity contribution in [2.45, 2.75) is 13.5 Å². The highest BCUT2D eigenvalue weighted by Gasteiger charge is 2.12. The summed E-state index contributed by atoms with van der Waals surface area (Å²) >= 11 is 0. The molecule has 0 unspecified atom stereocenters. The minimum Gasteiger partial charge on any atom is -0.507 e. The molecule has 22 heavy (non-hydrogen) atoms. The van der Waals surface area contributed by atoms with Crippen LogP contribution < -0.4 is 9.47 Å². The van der Waals surface area contributed by atoms with Gasteiger partial charge in [-0.05, 0) is 36.3 Å². The van der Waals surface area contributed by atoms with Gasteiger partial charge in [-0.25, -0.2) is 0 Å². The molecule has 0 radical (unpaired) electrons. The fraction of sp³-hybridized carbons (Fsp3) is 0.158. The van der Waals surface area contributed by atoms with Gasteiger partial charge in [0.1, 0.15) is 12.4 Å². The predicted molar refractivity (Wildman–Crippen MR) is 89.3 cm³/mol. The molecule has 2 aromatic carbocycles. The first-order chi connectivity index (χ1) is 10.7. The van der Waals surface area contributed by atoms with Crippen LogP contribution in [-0.4, -0.2) is 12.2 Å². The van der Waals surface area contributed by atoms with Crippen molar-refractivity contribution in [1.82, 2.24) is 0 Å². The zero-order chi connectivity index (χ0) is 15.9. The minimum absolute atomic E-state index is 0.153. The van der Waals surface area contributed by atoms with Gasteiger partial charge in [0.15, 0.2) is 11.5 Å². The van der Waals surface area contributed by atoms with Gasteiger partial charge >= 0.3 is 0 Å². The average Bonchev–Trinajstić information content (AvgIpc) is 2.54. The maximum atomic E-state index is 10.0. The van der Waals surface area contributed by atoms with E-state index in [1.165, 1.54) is 0 Å². The number of hydrogen-bond donors (Lipinski definition) is 1. The fourth-order valence-electron chi connectivity index (χ4n) is 2.15. The Bertz CT molecular complexity index is 673. The third-order valence-electron chi connectivity index (χ3n) is 3.30. The van der Waals surface area contributed by atoms with Crippen molar-refractivity contribution >= 4 is 5.76 Å². The molecule has 0 amide bonds. The van der Waals surface area contributed by atoms with E-state index in [2.05, 4.69) is 6.58 Å². The molecule has 0 atom stereocenters. The van der Waals surface area contributed by atoms with Crippen molar-refractivity contribution < 1.29 is 14.6 Å². The van der Waals surface area contributed by atoms with Gasteiger partial charge in [-0.15, -0.1) is 0 Å². The van der Waals surface area contributed by atoms with E-state index in [-0.39, 0.29) is 5.76 Å². The number of aliphatic hydroxyl groups excluding tert-OH is 1. The summed E-state index contributed by atoms with van der Waals surface area (Å²) in [6.07, 6.45) is 3.09. The Balaban J connectivity index is 2.27. The lowest BCUT2D eigenvalue weighted by Gasteiger charge is -2.14. The van der Waals surface area contributed by atoms with E-state index < -0.39 is 0 Å². The summed E-state index contributed by atoms with van der Waals surface area (Å²) in [4.78, 5) is 0. The van der Waals surface area contributed by atoms with E-state index in [4.69, 9.17) is 9.47 Å². The number of hydrogen-bond acceptors (Lipinski definition) is 3. The quantitative estimate of drug-likeness (QED) is 0.622. The summed E-state index contributed by atoms with van der Waals surface area (Å²) in [5.74, 6) is 1.39. The predicted octanol–water partition coefficient (Wildman–Crippen LogP) is 4.67. The molecule has 0 aliphatic rings. The Labute approximate surface area is 131 Å². The molecule has 0 fully saturated rings. The van der Waals surface area contributed by atoms with Crippen molar-refractivity contribution in [3.05, 3.63) is 77.9 Å². The molecule has 114 valence electrons. The lowest BCUT2D eigenvalue weighted by Crippen LogP contribution is -2.00. The molecule has 2 aromatic rings. The Hall–Kier alpha value is -2.68. The summed E-state index contributed by atoms with van der Waals surface area (Å²) < 4.78 is 11.2. The van der Waals surface area contributed by atoms with Crippen LogP contribution in [0.2, 0.25) is 0 Å².